The Morgan fingerprint density at radius 3 is 2.63 bits per heavy atom. The lowest BCUT2D eigenvalue weighted by atomic mass is 9.97. The third-order valence-corrected chi connectivity index (χ3v) is 5.14. The number of nitrogens with zero attached hydrogens (tertiary/aromatic N) is 5. The van der Waals surface area contributed by atoms with Crippen LogP contribution in [0.1, 0.15) is 35.2 Å². The predicted octanol–water partition coefficient (Wildman–Crippen LogP) is 4.08. The molecule has 30 heavy (non-hydrogen) atoms. The Kier molecular flexibility index (Phi) is 5.58. The van der Waals surface area contributed by atoms with Crippen molar-refractivity contribution in [3.8, 4) is 22.5 Å². The first kappa shape index (κ1) is 19.8. The molecule has 2 N–H and O–H groups in total. The monoisotopic (exact) mass is 422 g/mol. The van der Waals surface area contributed by atoms with Crippen LogP contribution in [0.15, 0.2) is 48.5 Å². The molecular formula is C21H19ClN6O2. The third-order valence-electron chi connectivity index (χ3n) is 4.76. The van der Waals surface area contributed by atoms with E-state index >= 15 is 0 Å². The van der Waals surface area contributed by atoms with Crippen LogP contribution < -0.4 is 0 Å². The van der Waals surface area contributed by atoms with Gasteiger partial charge in [-0.3, -0.25) is 0 Å². The van der Waals surface area contributed by atoms with Crippen LogP contribution in [-0.2, 0) is 13.0 Å². The summed E-state index contributed by atoms with van der Waals surface area (Å²) < 4.78 is 1.74. The van der Waals surface area contributed by atoms with Gasteiger partial charge in [0.15, 0.2) is 5.69 Å². The second-order valence-corrected chi connectivity index (χ2v) is 7.15. The van der Waals surface area contributed by atoms with Gasteiger partial charge in [-0.1, -0.05) is 61.0 Å². The Morgan fingerprint density at radius 2 is 1.97 bits per heavy atom. The number of hydrogen-bond donors (Lipinski definition) is 2. The van der Waals surface area contributed by atoms with Crippen molar-refractivity contribution < 1.29 is 9.90 Å². The zero-order valence-electron chi connectivity index (χ0n) is 16.2. The zero-order chi connectivity index (χ0) is 21.1. The van der Waals surface area contributed by atoms with Crippen molar-refractivity contribution in [2.75, 3.05) is 0 Å². The second-order valence-electron chi connectivity index (χ2n) is 6.79. The van der Waals surface area contributed by atoms with Gasteiger partial charge in [-0.05, 0) is 34.4 Å². The average molecular weight is 423 g/mol. The molecule has 0 aliphatic heterocycles. The van der Waals surface area contributed by atoms with Gasteiger partial charge in [-0.25, -0.2) is 9.78 Å². The highest BCUT2D eigenvalue weighted by Crippen LogP contribution is 2.31. The molecule has 2 aromatic carbocycles. The number of carboxylic acids is 1. The van der Waals surface area contributed by atoms with Gasteiger partial charge in [0, 0.05) is 12.0 Å². The molecule has 0 saturated heterocycles. The zero-order valence-corrected chi connectivity index (χ0v) is 17.0. The summed E-state index contributed by atoms with van der Waals surface area (Å²) in [6.07, 6.45) is 1.46. The molecule has 0 spiro atoms. The van der Waals surface area contributed by atoms with Gasteiger partial charge < -0.3 is 9.67 Å². The molecule has 0 fully saturated rings. The number of aromatic carboxylic acids is 1. The summed E-state index contributed by atoms with van der Waals surface area (Å²) in [7, 11) is 0. The van der Waals surface area contributed by atoms with E-state index in [1.165, 1.54) is 0 Å². The Hall–Kier alpha value is -3.52. The van der Waals surface area contributed by atoms with E-state index in [9.17, 15) is 9.90 Å². The SMILES string of the molecule is CCCc1nc(C(=O)O)c(Cl)n1Cc1ccc(-c2ccccc2)c(-c2nn[nH]n2)c1. The van der Waals surface area contributed by atoms with Crippen molar-refractivity contribution in [2.45, 2.75) is 26.3 Å². The van der Waals surface area contributed by atoms with E-state index in [1.54, 1.807) is 4.57 Å². The number of aromatic amines is 1. The van der Waals surface area contributed by atoms with E-state index < -0.39 is 5.97 Å². The van der Waals surface area contributed by atoms with Crippen molar-refractivity contribution in [3.05, 3.63) is 70.8 Å². The van der Waals surface area contributed by atoms with Crippen LogP contribution in [0.3, 0.4) is 0 Å². The van der Waals surface area contributed by atoms with Crippen LogP contribution in [-0.4, -0.2) is 41.3 Å². The minimum absolute atomic E-state index is 0.124. The number of hydrogen-bond acceptors (Lipinski definition) is 5. The summed E-state index contributed by atoms with van der Waals surface area (Å²) >= 11 is 6.36. The van der Waals surface area contributed by atoms with Crippen molar-refractivity contribution in [1.29, 1.82) is 0 Å². The highest BCUT2D eigenvalue weighted by Gasteiger charge is 2.21. The number of benzene rings is 2. The van der Waals surface area contributed by atoms with Gasteiger partial charge in [0.05, 0.1) is 6.54 Å². The molecule has 152 valence electrons. The maximum Gasteiger partial charge on any atom is 0.357 e. The third kappa shape index (κ3) is 3.81. The molecule has 2 aromatic heterocycles. The molecule has 0 bridgehead atoms. The number of rotatable bonds is 7. The topological polar surface area (TPSA) is 110 Å². The van der Waals surface area contributed by atoms with E-state index in [0.717, 1.165) is 28.7 Å². The van der Waals surface area contributed by atoms with E-state index in [2.05, 4.69) is 25.6 Å². The number of aromatic nitrogens is 6. The van der Waals surface area contributed by atoms with Crippen molar-refractivity contribution in [1.82, 2.24) is 30.2 Å². The molecule has 4 aromatic rings. The number of halogens is 1. The quantitative estimate of drug-likeness (QED) is 0.464. The maximum atomic E-state index is 11.5. The fourth-order valence-electron chi connectivity index (χ4n) is 3.39. The van der Waals surface area contributed by atoms with Crippen LogP contribution in [0.2, 0.25) is 5.15 Å². The highest BCUT2D eigenvalue weighted by molar-refractivity contribution is 6.32. The Bertz CT molecular complexity index is 1170. The highest BCUT2D eigenvalue weighted by atomic mass is 35.5. The van der Waals surface area contributed by atoms with Gasteiger partial charge in [0.2, 0.25) is 5.82 Å². The average Bonchev–Trinajstić information content (AvgIpc) is 3.39. The van der Waals surface area contributed by atoms with Crippen molar-refractivity contribution in [2.24, 2.45) is 0 Å². The molecule has 0 unspecified atom stereocenters. The molecular weight excluding hydrogens is 404 g/mol. The first-order valence-corrected chi connectivity index (χ1v) is 9.86. The smallest absolute Gasteiger partial charge is 0.357 e. The van der Waals surface area contributed by atoms with Crippen LogP contribution in [0.5, 0.6) is 0 Å². The van der Waals surface area contributed by atoms with E-state index in [4.69, 9.17) is 11.6 Å². The molecule has 0 atom stereocenters. The van der Waals surface area contributed by atoms with Crippen molar-refractivity contribution >= 4 is 17.6 Å². The number of tetrazole rings is 1. The van der Waals surface area contributed by atoms with Crippen LogP contribution >= 0.6 is 11.6 Å². The minimum atomic E-state index is -1.14. The molecule has 4 rings (SSSR count). The van der Waals surface area contributed by atoms with Crippen LogP contribution in [0, 0.1) is 0 Å². The summed E-state index contributed by atoms with van der Waals surface area (Å²) in [5.74, 6) is -0.0106. The standard InChI is InChI=1S/C21H19ClN6O2/c1-2-6-17-23-18(21(29)30)19(22)28(17)12-13-9-10-15(14-7-4-3-5-8-14)16(11-13)20-24-26-27-25-20/h3-5,7-11H,2,6,12H2,1H3,(H,29,30)(H,24,25,26,27). The molecule has 0 amide bonds. The molecule has 8 nitrogen and oxygen atoms in total. The summed E-state index contributed by atoms with van der Waals surface area (Å²) in [6.45, 7) is 2.39. The minimum Gasteiger partial charge on any atom is -0.476 e. The predicted molar refractivity (Wildman–Crippen MR) is 112 cm³/mol. The largest absolute Gasteiger partial charge is 0.476 e. The molecule has 0 aliphatic rings. The van der Waals surface area contributed by atoms with Gasteiger partial charge in [0.25, 0.3) is 0 Å². The Balaban J connectivity index is 1.78. The summed E-state index contributed by atoms with van der Waals surface area (Å²) in [5, 5.41) is 24.0. The fraction of sp³-hybridized carbons (Fsp3) is 0.190. The number of imidazole rings is 1. The van der Waals surface area contributed by atoms with Crippen LogP contribution in [0.4, 0.5) is 0 Å². The molecule has 2 heterocycles. The van der Waals surface area contributed by atoms with Gasteiger partial charge in [-0.2, -0.15) is 5.21 Å². The Labute approximate surface area is 177 Å². The first-order valence-electron chi connectivity index (χ1n) is 9.48. The lowest BCUT2D eigenvalue weighted by Gasteiger charge is -2.12. The van der Waals surface area contributed by atoms with Gasteiger partial charge in [-0.15, -0.1) is 10.2 Å². The second kappa shape index (κ2) is 8.46. The molecule has 0 radical (unpaired) electrons. The summed E-state index contributed by atoms with van der Waals surface area (Å²) in [4.78, 5) is 15.7. The summed E-state index contributed by atoms with van der Waals surface area (Å²) in [6, 6.07) is 15.9. The number of nitrogens with one attached hydrogen (secondary N) is 1. The molecule has 0 saturated carbocycles. The number of carboxylic acid groups (broad SMARTS) is 1. The number of H-pyrrole nitrogens is 1. The maximum absolute atomic E-state index is 11.5. The van der Waals surface area contributed by atoms with E-state index in [0.29, 0.717) is 24.6 Å². The van der Waals surface area contributed by atoms with E-state index in [-0.39, 0.29) is 10.8 Å². The molecule has 9 heteroatoms. The first-order chi connectivity index (χ1) is 14.6. The van der Waals surface area contributed by atoms with Crippen LogP contribution in [0.25, 0.3) is 22.5 Å². The van der Waals surface area contributed by atoms with Crippen molar-refractivity contribution in [3.63, 3.8) is 0 Å². The van der Waals surface area contributed by atoms with Gasteiger partial charge in [0.1, 0.15) is 11.0 Å². The normalized spacial score (nSPS) is 11.0. The van der Waals surface area contributed by atoms with Gasteiger partial charge >= 0.3 is 5.97 Å². The Morgan fingerprint density at radius 1 is 1.17 bits per heavy atom. The lowest BCUT2D eigenvalue weighted by molar-refractivity contribution is 0.0691. The lowest BCUT2D eigenvalue weighted by Crippen LogP contribution is -2.06. The summed E-state index contributed by atoms with van der Waals surface area (Å²) in [5.41, 5.74) is 3.61. The number of aryl methyl sites for hydroxylation is 1. The fourth-order valence-corrected chi connectivity index (χ4v) is 3.67. The number of carbonyl (C=O) groups is 1. The molecule has 0 aliphatic carbocycles. The van der Waals surface area contributed by atoms with E-state index in [1.807, 2.05) is 55.5 Å².